The molecular weight excluding hydrogens is 1270 g/mol. The lowest BCUT2D eigenvalue weighted by molar-refractivity contribution is 1.48. The Morgan fingerprint density at radius 1 is 0.123 bits per heavy atom. The Labute approximate surface area is 624 Å². The lowest BCUT2D eigenvalue weighted by Gasteiger charge is -2.11. The summed E-state index contributed by atoms with van der Waals surface area (Å²) in [6, 6.07) is 138. The lowest BCUT2D eigenvalue weighted by Crippen LogP contribution is -1.85. The van der Waals surface area contributed by atoms with E-state index in [1.165, 1.54) is 185 Å². The van der Waals surface area contributed by atoms with Gasteiger partial charge < -0.3 is 0 Å². The van der Waals surface area contributed by atoms with E-state index in [1.807, 2.05) is 18.2 Å². The normalized spacial score (nSPS) is 10.8. The topological polar surface area (TPSA) is 0 Å². The van der Waals surface area contributed by atoms with Crippen LogP contribution in [0.2, 0.25) is 0 Å². The molecule has 0 aliphatic heterocycles. The molecule has 0 saturated carbocycles. The van der Waals surface area contributed by atoms with Crippen LogP contribution in [0.25, 0.3) is 140 Å². The van der Waals surface area contributed by atoms with Gasteiger partial charge in [-0.1, -0.05) is 392 Å². The first kappa shape index (κ1) is 70.3. The molecule has 0 aliphatic carbocycles. The Kier molecular flexibility index (Phi) is 21.7. The number of hydrogen-bond acceptors (Lipinski definition) is 0. The van der Waals surface area contributed by atoms with Crippen molar-refractivity contribution < 1.29 is 0 Å². The van der Waals surface area contributed by atoms with E-state index in [1.54, 1.807) is 0 Å². The van der Waals surface area contributed by atoms with Crippen molar-refractivity contribution in [1.82, 2.24) is 0 Å². The zero-order valence-corrected chi connectivity index (χ0v) is 62.0. The SMILES string of the molecule is Cc1c2ccccc2cc2ccccc12.Cc1cc2ccccc2c2ccccc12.Cc1ccc2c(ccc3ccccc32)c1.Cc1ccc2cc3ccccc3cc2c1.Cc1ccc2ccc3cccc4ccc1c2c34.Cc1ccc2ccccc2c1.Cc1cccc2ccccc12.Cc1ccccc1. The standard InChI is InChI=1S/C17H12.4C15H12.2C11H10.C7H8/c1-11-5-6-14-8-7-12-3-2-4-13-9-10-15(11)17(14)16(12)13;1-11-14-8-4-2-6-12(14)10-13-7-3-5-9-15(11)13;1-11-10-12-6-2-3-8-14(12)15-9-5-4-7-13(11)15;1-11-6-9-15-13(10-11)8-7-12-4-2-3-5-14(12)15;1-11-6-7-14-9-12-4-2-3-5-13(12)10-15(14)8-11;1-9-5-4-7-10-6-2-3-8-11(9)10;1-9-6-7-10-4-2-3-5-11(10)8-9;1-7-5-3-2-4-6-7/h2-10H,1H3;4*2-10H,1H3;2*2-8H,1H3;2-6H,1H3. The molecule has 0 spiro atoms. The first-order chi connectivity index (χ1) is 51.9. The van der Waals surface area contributed by atoms with Crippen molar-refractivity contribution in [3.8, 4) is 0 Å². The van der Waals surface area contributed by atoms with Gasteiger partial charge in [0.2, 0.25) is 0 Å². The van der Waals surface area contributed by atoms with Crippen molar-refractivity contribution in [2.45, 2.75) is 55.4 Å². The van der Waals surface area contributed by atoms with Gasteiger partial charge in [-0.05, 0) is 236 Å². The highest BCUT2D eigenvalue weighted by molar-refractivity contribution is 6.23. The summed E-state index contributed by atoms with van der Waals surface area (Å²) in [4.78, 5) is 0. The van der Waals surface area contributed by atoms with E-state index >= 15 is 0 Å². The van der Waals surface area contributed by atoms with Crippen LogP contribution in [0.1, 0.15) is 44.5 Å². The van der Waals surface area contributed by atoms with Gasteiger partial charge in [0.15, 0.2) is 0 Å². The van der Waals surface area contributed by atoms with Crippen molar-refractivity contribution in [2.24, 2.45) is 0 Å². The Bertz CT molecular complexity index is 6500. The summed E-state index contributed by atoms with van der Waals surface area (Å²) in [5, 5.41) is 34.9. The van der Waals surface area contributed by atoms with Crippen LogP contribution in [-0.4, -0.2) is 0 Å². The van der Waals surface area contributed by atoms with Crippen molar-refractivity contribution >= 4 is 140 Å². The Morgan fingerprint density at radius 3 is 1.03 bits per heavy atom. The summed E-state index contributed by atoms with van der Waals surface area (Å²) in [6.45, 7) is 17.2. The number of aryl methyl sites for hydroxylation is 8. The maximum absolute atomic E-state index is 2.26. The first-order valence-corrected chi connectivity index (χ1v) is 36.9. The van der Waals surface area contributed by atoms with Gasteiger partial charge in [0.25, 0.3) is 0 Å². The smallest absolute Gasteiger partial charge is 0.00241 e. The molecule has 21 aromatic rings. The molecule has 0 radical (unpaired) electrons. The van der Waals surface area contributed by atoms with Gasteiger partial charge in [0.1, 0.15) is 0 Å². The summed E-state index contributed by atoms with van der Waals surface area (Å²) < 4.78 is 0. The molecule has 0 bridgehead atoms. The van der Waals surface area contributed by atoms with Crippen LogP contribution in [0.5, 0.6) is 0 Å². The zero-order valence-electron chi connectivity index (χ0n) is 62.0. The fraction of sp³-hybridized carbons (Fsp3) is 0.0755. The molecule has 21 aromatic carbocycles. The zero-order chi connectivity index (χ0) is 72.9. The van der Waals surface area contributed by atoms with E-state index in [2.05, 4.69) is 425 Å². The summed E-state index contributed by atoms with van der Waals surface area (Å²) in [5.41, 5.74) is 10.7. The van der Waals surface area contributed by atoms with Crippen LogP contribution in [-0.2, 0) is 0 Å². The van der Waals surface area contributed by atoms with Crippen LogP contribution in [0, 0.1) is 55.4 Å². The van der Waals surface area contributed by atoms with Crippen molar-refractivity contribution in [1.29, 1.82) is 0 Å². The maximum atomic E-state index is 2.26. The largest absolute Gasteiger partial charge is 0.0622 e. The summed E-state index contributed by atoms with van der Waals surface area (Å²) >= 11 is 0. The van der Waals surface area contributed by atoms with Crippen molar-refractivity contribution in [3.05, 3.63) is 433 Å². The third-order valence-electron chi connectivity index (χ3n) is 20.4. The Hall–Kier alpha value is -12.7. The van der Waals surface area contributed by atoms with Gasteiger partial charge in [-0.2, -0.15) is 0 Å². The molecule has 0 aromatic heterocycles. The van der Waals surface area contributed by atoms with Gasteiger partial charge in [-0.15, -0.1) is 0 Å². The average Bonchev–Trinajstić information content (AvgIpc) is 0.513. The predicted molar refractivity (Wildman–Crippen MR) is 468 cm³/mol. The molecule has 0 fully saturated rings. The number of benzene rings is 21. The second-order valence-electron chi connectivity index (χ2n) is 28.0. The van der Waals surface area contributed by atoms with Gasteiger partial charge in [-0.3, -0.25) is 0 Å². The summed E-state index contributed by atoms with van der Waals surface area (Å²) in [5.74, 6) is 0. The molecule has 0 unspecified atom stereocenters. The predicted octanol–water partition coefficient (Wildman–Crippen LogP) is 30.4. The average molecular weight is 1360 g/mol. The summed E-state index contributed by atoms with van der Waals surface area (Å²) in [7, 11) is 0. The van der Waals surface area contributed by atoms with Gasteiger partial charge in [0, 0.05) is 0 Å². The van der Waals surface area contributed by atoms with E-state index in [0.717, 1.165) is 0 Å². The van der Waals surface area contributed by atoms with Crippen LogP contribution in [0.4, 0.5) is 0 Å². The van der Waals surface area contributed by atoms with Gasteiger partial charge in [-0.25, -0.2) is 0 Å². The highest BCUT2D eigenvalue weighted by atomic mass is 14.1. The Balaban J connectivity index is 0.000000103. The Morgan fingerprint density at radius 2 is 0.434 bits per heavy atom. The van der Waals surface area contributed by atoms with E-state index in [4.69, 9.17) is 0 Å². The molecule has 0 saturated heterocycles. The lowest BCUT2D eigenvalue weighted by atomic mass is 9.92. The molecule has 21 rings (SSSR count). The minimum Gasteiger partial charge on any atom is -0.0622 e. The van der Waals surface area contributed by atoms with E-state index in [0.29, 0.717) is 0 Å². The molecule has 512 valence electrons. The molecule has 0 heterocycles. The van der Waals surface area contributed by atoms with Crippen LogP contribution in [0.3, 0.4) is 0 Å². The third kappa shape index (κ3) is 16.2. The first-order valence-electron chi connectivity index (χ1n) is 36.9. The van der Waals surface area contributed by atoms with Crippen molar-refractivity contribution in [2.75, 3.05) is 0 Å². The highest BCUT2D eigenvalue weighted by Gasteiger charge is 2.10. The van der Waals surface area contributed by atoms with Gasteiger partial charge in [0.05, 0.1) is 0 Å². The molecule has 0 atom stereocenters. The molecule has 0 heteroatoms. The molecule has 0 nitrogen and oxygen atoms in total. The monoisotopic (exact) mass is 1360 g/mol. The number of fused-ring (bicyclic) bond motifs is 12. The van der Waals surface area contributed by atoms with E-state index < -0.39 is 0 Å². The minimum absolute atomic E-state index is 1.31. The molecule has 0 amide bonds. The fourth-order valence-corrected chi connectivity index (χ4v) is 14.8. The maximum Gasteiger partial charge on any atom is -0.00241 e. The van der Waals surface area contributed by atoms with Crippen molar-refractivity contribution in [3.63, 3.8) is 0 Å². The molecule has 106 heavy (non-hydrogen) atoms. The van der Waals surface area contributed by atoms with Crippen LogP contribution in [0.15, 0.2) is 388 Å². The van der Waals surface area contributed by atoms with E-state index in [-0.39, 0.29) is 0 Å². The minimum atomic E-state index is 1.31. The fourth-order valence-electron chi connectivity index (χ4n) is 14.8. The quantitative estimate of drug-likeness (QED) is 0.105. The van der Waals surface area contributed by atoms with Crippen LogP contribution < -0.4 is 0 Å². The highest BCUT2D eigenvalue weighted by Crippen LogP contribution is 2.37. The van der Waals surface area contributed by atoms with Crippen LogP contribution >= 0.6 is 0 Å². The molecule has 0 aliphatic rings. The summed E-state index contributed by atoms with van der Waals surface area (Å²) in [6.07, 6.45) is 0. The van der Waals surface area contributed by atoms with Gasteiger partial charge >= 0.3 is 0 Å². The molecule has 0 N–H and O–H groups in total. The third-order valence-corrected chi connectivity index (χ3v) is 20.4. The van der Waals surface area contributed by atoms with E-state index in [9.17, 15) is 0 Å². The second kappa shape index (κ2) is 32.7. The number of rotatable bonds is 0. The number of hydrogen-bond donors (Lipinski definition) is 0. The second-order valence-corrected chi connectivity index (χ2v) is 28.0. The molecular formula is C106H88.